The maximum atomic E-state index is 15.9. The van der Waals surface area contributed by atoms with E-state index in [2.05, 4.69) is 145 Å². The molecule has 2 atom stereocenters. The maximum absolute atomic E-state index is 15.9. The number of aryl methyl sites for hydroxylation is 3. The molecule has 1 saturated heterocycles. The highest BCUT2D eigenvalue weighted by atomic mass is 32.1. The standard InChI is InChI=1S/C66H100N2O2S4.C16H27BO2S/c1-7-13-19-25-27-33-37-51(35-29-21-15-9-3)47-67-63(57-43-41-55(73-57)59-45-53(49-71-59)39-31-23-17-11-5)61-62(65(67)69)64(58-44-42-56(74-58)60-46-54(50-72-60)40-32-24-18-12-6)68(66(61)70)48-52(36-30-22-16-10-4)38-34-28-26-20-14-8-2;1-6-7-8-9-10-13-11-14(20-12-13)17-18-15(2,3)16(4,5)19-17/h41-46,49-52H,7-40,47-48H2,1-6H3;11-12H,6-10H2,1-5H3. The van der Waals surface area contributed by atoms with Gasteiger partial charge in [-0.2, -0.15) is 11.3 Å². The zero-order valence-corrected chi connectivity index (χ0v) is 65.1. The van der Waals surface area contributed by atoms with Gasteiger partial charge in [0.25, 0.3) is 11.8 Å². The fourth-order valence-electron chi connectivity index (χ4n) is 13.9. The highest BCUT2D eigenvalue weighted by molar-refractivity contribution is 7.23. The SMILES string of the molecule is CCCCCCCCC(CCCCCC)CN1C(=O)C2=C(c3ccc(-c4cc(CCCCCC)cs4)s3)N(CC(CCCCCC)CCCCCCCC)C(=O)C2=C1c1ccc(-c2cc(CCCCCC)cs2)s1.CCCCCCc1csc(B2OC(C)(C)C(C)(C)O2)c1. The first-order valence-corrected chi connectivity index (χ1v) is 42.9. The van der Waals surface area contributed by atoms with Crippen LogP contribution in [-0.4, -0.2) is 53.0 Å². The third kappa shape index (κ3) is 23.5. The van der Waals surface area contributed by atoms with Gasteiger partial charge in [-0.1, -0.05) is 235 Å². The molecule has 5 aromatic heterocycles. The van der Waals surface area contributed by atoms with Gasteiger partial charge in [0.05, 0.1) is 43.5 Å². The van der Waals surface area contributed by atoms with Crippen molar-refractivity contribution < 1.29 is 18.9 Å². The second-order valence-corrected chi connectivity index (χ2v) is 34.1. The van der Waals surface area contributed by atoms with Crippen LogP contribution >= 0.6 is 56.7 Å². The summed E-state index contributed by atoms with van der Waals surface area (Å²) in [5, 5.41) is 6.97. The highest BCUT2D eigenvalue weighted by Gasteiger charge is 2.53. The molecule has 0 N–H and O–H groups in total. The van der Waals surface area contributed by atoms with Gasteiger partial charge < -0.3 is 19.1 Å². The van der Waals surface area contributed by atoms with Crippen LogP contribution in [0.5, 0.6) is 0 Å². The van der Waals surface area contributed by atoms with E-state index in [1.165, 1.54) is 253 Å². The minimum absolute atomic E-state index is 0.0543. The van der Waals surface area contributed by atoms with Crippen molar-refractivity contribution in [2.75, 3.05) is 13.1 Å². The van der Waals surface area contributed by atoms with Crippen LogP contribution in [0.4, 0.5) is 0 Å². The summed E-state index contributed by atoms with van der Waals surface area (Å²) in [4.78, 5) is 43.4. The Morgan fingerprint density at radius 1 is 0.372 bits per heavy atom. The number of carbonyl (C=O) groups excluding carboxylic acids is 2. The van der Waals surface area contributed by atoms with Crippen LogP contribution < -0.4 is 4.78 Å². The molecule has 0 aliphatic carbocycles. The van der Waals surface area contributed by atoms with E-state index in [4.69, 9.17) is 9.31 Å². The van der Waals surface area contributed by atoms with Crippen LogP contribution in [0.25, 0.3) is 30.9 Å². The molecule has 6 nitrogen and oxygen atoms in total. The molecule has 94 heavy (non-hydrogen) atoms. The van der Waals surface area contributed by atoms with Crippen LogP contribution in [0.15, 0.2) is 69.8 Å². The van der Waals surface area contributed by atoms with Crippen LogP contribution in [0.1, 0.15) is 334 Å². The summed E-state index contributed by atoms with van der Waals surface area (Å²) in [5.41, 5.74) is 6.93. The van der Waals surface area contributed by atoms with Crippen molar-refractivity contribution in [1.29, 1.82) is 0 Å². The Labute approximate surface area is 594 Å². The summed E-state index contributed by atoms with van der Waals surface area (Å²) in [6.45, 7) is 25.8. The third-order valence-corrected chi connectivity index (χ3v) is 26.1. The largest absolute Gasteiger partial charge is 0.505 e. The van der Waals surface area contributed by atoms with E-state index in [0.29, 0.717) is 36.1 Å². The van der Waals surface area contributed by atoms with Crippen molar-refractivity contribution in [2.24, 2.45) is 11.8 Å². The second kappa shape index (κ2) is 42.1. The first-order chi connectivity index (χ1) is 45.7. The summed E-state index contributed by atoms with van der Waals surface area (Å²) in [5.74, 6) is 0.899. The number of fused-ring (bicyclic) bond motifs is 1. The summed E-state index contributed by atoms with van der Waals surface area (Å²) in [7, 11) is -0.200. The van der Waals surface area contributed by atoms with E-state index in [1.54, 1.807) is 34.0 Å². The molecule has 0 spiro atoms. The maximum Gasteiger partial charge on any atom is 0.505 e. The van der Waals surface area contributed by atoms with Gasteiger partial charge in [-0.15, -0.1) is 45.3 Å². The second-order valence-electron chi connectivity index (χ2n) is 29.2. The molecule has 3 aliphatic heterocycles. The smallest absolute Gasteiger partial charge is 0.399 e. The number of unbranched alkanes of at least 4 members (excludes halogenated alkanes) is 25. The number of thiophene rings is 5. The molecule has 1 fully saturated rings. The number of amides is 2. The number of nitrogens with zero attached hydrogens (tertiary/aromatic N) is 2. The van der Waals surface area contributed by atoms with Gasteiger partial charge in [-0.05, 0) is 179 Å². The first kappa shape index (κ1) is 78.2. The lowest BCUT2D eigenvalue weighted by molar-refractivity contribution is -0.124. The Morgan fingerprint density at radius 2 is 0.670 bits per heavy atom. The lowest BCUT2D eigenvalue weighted by atomic mass is 9.87. The van der Waals surface area contributed by atoms with Crippen molar-refractivity contribution in [1.82, 2.24) is 9.80 Å². The van der Waals surface area contributed by atoms with Crippen molar-refractivity contribution in [3.05, 3.63) is 96.2 Å². The monoisotopic (exact) mass is 1370 g/mol. The van der Waals surface area contributed by atoms with Crippen LogP contribution in [0.2, 0.25) is 0 Å². The summed E-state index contributed by atoms with van der Waals surface area (Å²) in [6, 6.07) is 16.1. The number of hydrogen-bond acceptors (Lipinski definition) is 9. The fourth-order valence-corrected chi connectivity index (χ4v) is 19.0. The Morgan fingerprint density at radius 3 is 1.03 bits per heavy atom. The Kier molecular flexibility index (Phi) is 35.1. The number of rotatable bonds is 48. The molecule has 0 bridgehead atoms. The van der Waals surface area contributed by atoms with E-state index >= 15 is 9.59 Å². The average Bonchev–Trinajstić information content (AvgIpc) is 1.55. The van der Waals surface area contributed by atoms with Crippen molar-refractivity contribution >= 4 is 91.8 Å². The minimum Gasteiger partial charge on any atom is -0.399 e. The normalized spacial score (nSPS) is 16.0. The van der Waals surface area contributed by atoms with Crippen molar-refractivity contribution in [3.63, 3.8) is 0 Å². The topological polar surface area (TPSA) is 59.1 Å². The number of carbonyl (C=O) groups is 2. The molecule has 8 heterocycles. The van der Waals surface area contributed by atoms with Gasteiger partial charge in [-0.25, -0.2) is 0 Å². The predicted octanol–water partition coefficient (Wildman–Crippen LogP) is 26.2. The van der Waals surface area contributed by atoms with Crippen molar-refractivity contribution in [3.8, 4) is 19.5 Å². The first-order valence-electron chi connectivity index (χ1n) is 38.6. The Bertz CT molecular complexity index is 2850. The molecule has 522 valence electrons. The Balaban J connectivity index is 0.000000529. The van der Waals surface area contributed by atoms with Gasteiger partial charge in [0.2, 0.25) is 0 Å². The average molecular weight is 1380 g/mol. The third-order valence-electron chi connectivity index (χ3n) is 20.5. The molecule has 8 rings (SSSR count). The van der Waals surface area contributed by atoms with Gasteiger partial charge in [-0.3, -0.25) is 9.59 Å². The molecule has 0 saturated carbocycles. The number of hydrogen-bond donors (Lipinski definition) is 0. The van der Waals surface area contributed by atoms with Gasteiger partial charge in [0.15, 0.2) is 0 Å². The molecular weight excluding hydrogens is 1250 g/mol. The lowest BCUT2D eigenvalue weighted by Crippen LogP contribution is -2.41. The molecule has 5 aromatic rings. The fraction of sp³-hybridized carbons (Fsp3) is 0.683. The molecular formula is C82H127BN2O4S5. The zero-order chi connectivity index (χ0) is 67.1. The van der Waals surface area contributed by atoms with E-state index in [-0.39, 0.29) is 30.1 Å². The van der Waals surface area contributed by atoms with Crippen LogP contribution in [0.3, 0.4) is 0 Å². The summed E-state index contributed by atoms with van der Waals surface area (Å²) >= 11 is 9.05. The molecule has 0 radical (unpaired) electrons. The molecule has 0 aromatic carbocycles. The quantitative estimate of drug-likeness (QED) is 0.0288. The molecule has 2 unspecified atom stereocenters. The lowest BCUT2D eigenvalue weighted by Gasteiger charge is -2.32. The van der Waals surface area contributed by atoms with E-state index in [1.807, 2.05) is 22.7 Å². The minimum atomic E-state index is -0.247. The predicted molar refractivity (Wildman–Crippen MR) is 417 cm³/mol. The summed E-state index contributed by atoms with van der Waals surface area (Å²) < 4.78 is 13.4. The van der Waals surface area contributed by atoms with E-state index < -0.39 is 0 Å². The van der Waals surface area contributed by atoms with Crippen LogP contribution in [-0.2, 0) is 38.2 Å². The van der Waals surface area contributed by atoms with Gasteiger partial charge in [0.1, 0.15) is 0 Å². The summed E-state index contributed by atoms with van der Waals surface area (Å²) in [6.07, 6.45) is 48.5. The van der Waals surface area contributed by atoms with Crippen LogP contribution in [0, 0.1) is 11.8 Å². The highest BCUT2D eigenvalue weighted by Crippen LogP contribution is 2.52. The van der Waals surface area contributed by atoms with Gasteiger partial charge >= 0.3 is 7.12 Å². The van der Waals surface area contributed by atoms with Crippen molar-refractivity contribution in [2.45, 2.75) is 338 Å². The Hall–Kier alpha value is -3.10. The molecule has 3 aliphatic rings. The van der Waals surface area contributed by atoms with E-state index in [9.17, 15) is 0 Å². The molecule has 2 amide bonds. The van der Waals surface area contributed by atoms with Gasteiger partial charge in [0, 0.05) is 37.4 Å². The van der Waals surface area contributed by atoms with E-state index in [0.717, 1.165) is 59.7 Å². The molecule has 12 heteroatoms. The zero-order valence-electron chi connectivity index (χ0n) is 61.1.